The molecule has 0 saturated heterocycles. The molecule has 0 aliphatic heterocycles. The Bertz CT molecular complexity index is 267. The summed E-state index contributed by atoms with van der Waals surface area (Å²) in [5.41, 5.74) is 9.68. The molecule has 0 saturated carbocycles. The van der Waals surface area contributed by atoms with Crippen LogP contribution in [0.4, 0.5) is 0 Å². The summed E-state index contributed by atoms with van der Waals surface area (Å²) >= 11 is 4.23. The van der Waals surface area contributed by atoms with Gasteiger partial charge in [0.15, 0.2) is 0 Å². The van der Waals surface area contributed by atoms with Gasteiger partial charge in [-0.3, -0.25) is 9.79 Å². The first-order valence-electron chi connectivity index (χ1n) is 4.66. The van der Waals surface area contributed by atoms with Gasteiger partial charge in [-0.1, -0.05) is 6.92 Å². The van der Waals surface area contributed by atoms with Crippen LogP contribution in [0.5, 0.6) is 0 Å². The van der Waals surface area contributed by atoms with Crippen LogP contribution in [0.3, 0.4) is 0 Å². The number of carboxylic acid groups (broad SMARTS) is 1. The van der Waals surface area contributed by atoms with Gasteiger partial charge in [0.1, 0.15) is 5.54 Å². The van der Waals surface area contributed by atoms with Gasteiger partial charge in [-0.15, -0.1) is 12.4 Å². The summed E-state index contributed by atoms with van der Waals surface area (Å²) in [7, 11) is 0. The first kappa shape index (κ1) is 17.9. The quantitative estimate of drug-likeness (QED) is 0.332. The van der Waals surface area contributed by atoms with E-state index in [1.54, 1.807) is 6.92 Å². The lowest BCUT2D eigenvalue weighted by Crippen LogP contribution is -2.55. The van der Waals surface area contributed by atoms with Gasteiger partial charge in [0.25, 0.3) is 0 Å². The maximum absolute atomic E-state index is 10.9. The van der Waals surface area contributed by atoms with E-state index in [0.29, 0.717) is 12.4 Å². The maximum atomic E-state index is 10.9. The molecule has 0 bridgehead atoms. The van der Waals surface area contributed by atoms with E-state index in [0.717, 1.165) is 0 Å². The predicted octanol–water partition coefficient (Wildman–Crippen LogP) is 0.522. The van der Waals surface area contributed by atoms with E-state index in [9.17, 15) is 4.79 Å². The van der Waals surface area contributed by atoms with E-state index in [4.69, 9.17) is 16.6 Å². The number of halogens is 1. The molecule has 5 nitrogen and oxygen atoms in total. The third kappa shape index (κ3) is 5.05. The Morgan fingerprint density at radius 1 is 1.62 bits per heavy atom. The number of aliphatic carboxylic acids is 1. The first-order chi connectivity index (χ1) is 6.69. The Morgan fingerprint density at radius 2 is 2.06 bits per heavy atom. The van der Waals surface area contributed by atoms with Crippen LogP contribution < -0.4 is 11.5 Å². The van der Waals surface area contributed by atoms with Gasteiger partial charge in [-0.25, -0.2) is 0 Å². The number of hydrogen-bond donors (Lipinski definition) is 4. The van der Waals surface area contributed by atoms with E-state index in [1.807, 2.05) is 6.92 Å². The van der Waals surface area contributed by atoms with Crippen LogP contribution in [-0.2, 0) is 4.79 Å². The molecule has 16 heavy (non-hydrogen) atoms. The second-order valence-electron chi connectivity index (χ2n) is 3.99. The molecule has 0 fully saturated rings. The number of nitrogens with two attached hydrogens (primary N) is 2. The number of aliphatic imine (C=N–C) groups is 1. The Kier molecular flexibility index (Phi) is 7.82. The Labute approximate surface area is 107 Å². The topological polar surface area (TPSA) is 102 Å². The molecule has 0 aromatic carbocycles. The zero-order chi connectivity index (χ0) is 12.2. The van der Waals surface area contributed by atoms with E-state index in [1.165, 1.54) is 6.92 Å². The average molecular weight is 270 g/mol. The Hall–Kier alpha value is -0.460. The monoisotopic (exact) mass is 269 g/mol. The number of thiol groups is 1. The molecule has 0 rings (SSSR count). The minimum Gasteiger partial charge on any atom is -0.480 e. The Morgan fingerprint density at radius 3 is 2.38 bits per heavy atom. The summed E-state index contributed by atoms with van der Waals surface area (Å²) < 4.78 is 0. The fourth-order valence-corrected chi connectivity index (χ4v) is 1.31. The number of hydrogen-bond acceptors (Lipinski definition) is 4. The van der Waals surface area contributed by atoms with Gasteiger partial charge in [0.2, 0.25) is 0 Å². The van der Waals surface area contributed by atoms with Crippen molar-refractivity contribution in [2.45, 2.75) is 31.6 Å². The molecule has 96 valence electrons. The lowest BCUT2D eigenvalue weighted by atomic mass is 9.90. The predicted molar refractivity (Wildman–Crippen MR) is 71.6 cm³/mol. The van der Waals surface area contributed by atoms with Crippen LogP contribution in [0.25, 0.3) is 0 Å². The summed E-state index contributed by atoms with van der Waals surface area (Å²) in [6.07, 6.45) is 0. The van der Waals surface area contributed by atoms with Crippen LogP contribution in [0.1, 0.15) is 20.8 Å². The molecule has 0 heterocycles. The third-order valence-electron chi connectivity index (χ3n) is 2.24. The molecule has 5 N–H and O–H groups in total. The summed E-state index contributed by atoms with van der Waals surface area (Å²) in [6.45, 7) is 5.40. The summed E-state index contributed by atoms with van der Waals surface area (Å²) in [5.74, 6) is -0.655. The minimum absolute atomic E-state index is 0. The van der Waals surface area contributed by atoms with E-state index >= 15 is 0 Å². The summed E-state index contributed by atoms with van der Waals surface area (Å²) in [6, 6.07) is 0. The maximum Gasteiger partial charge on any atom is 0.324 e. The Balaban J connectivity index is 0. The van der Waals surface area contributed by atoms with Crippen molar-refractivity contribution >= 4 is 36.8 Å². The van der Waals surface area contributed by atoms with Crippen molar-refractivity contribution in [3.63, 3.8) is 0 Å². The SMILES string of the molecule is CC(N)=NC[C@H](C)[C@H](S)[C@@](C)(N)C(=O)O.Cl. The molecule has 0 aliphatic rings. The molecule has 0 amide bonds. The van der Waals surface area contributed by atoms with Crippen LogP contribution in [0.2, 0.25) is 0 Å². The number of amidine groups is 1. The van der Waals surface area contributed by atoms with Crippen molar-refractivity contribution < 1.29 is 9.90 Å². The fourth-order valence-electron chi connectivity index (χ4n) is 1.11. The molecular formula is C9H20ClN3O2S. The number of carbonyl (C=O) groups is 1. The van der Waals surface area contributed by atoms with Crippen molar-refractivity contribution in [1.82, 2.24) is 0 Å². The molecule has 0 radical (unpaired) electrons. The van der Waals surface area contributed by atoms with E-state index < -0.39 is 16.8 Å². The highest BCUT2D eigenvalue weighted by molar-refractivity contribution is 7.81. The van der Waals surface area contributed by atoms with E-state index in [-0.39, 0.29) is 18.3 Å². The van der Waals surface area contributed by atoms with Crippen molar-refractivity contribution in [3.05, 3.63) is 0 Å². The van der Waals surface area contributed by atoms with Crippen LogP contribution in [0, 0.1) is 5.92 Å². The van der Waals surface area contributed by atoms with Gasteiger partial charge < -0.3 is 16.6 Å². The highest BCUT2D eigenvalue weighted by Crippen LogP contribution is 2.21. The van der Waals surface area contributed by atoms with Gasteiger partial charge in [-0.2, -0.15) is 12.6 Å². The molecule has 0 unspecified atom stereocenters. The largest absolute Gasteiger partial charge is 0.480 e. The van der Waals surface area contributed by atoms with Crippen LogP contribution >= 0.6 is 25.0 Å². The lowest BCUT2D eigenvalue weighted by Gasteiger charge is -2.30. The van der Waals surface area contributed by atoms with Gasteiger partial charge in [0, 0.05) is 11.8 Å². The summed E-state index contributed by atoms with van der Waals surface area (Å²) in [5, 5.41) is 8.43. The highest BCUT2D eigenvalue weighted by Gasteiger charge is 2.38. The molecule has 7 heteroatoms. The lowest BCUT2D eigenvalue weighted by molar-refractivity contribution is -0.142. The molecule has 0 spiro atoms. The average Bonchev–Trinajstić information content (AvgIpc) is 2.12. The molecule has 0 aliphatic carbocycles. The van der Waals surface area contributed by atoms with Crippen molar-refractivity contribution in [3.8, 4) is 0 Å². The second kappa shape index (κ2) is 6.98. The number of rotatable bonds is 5. The minimum atomic E-state index is -1.36. The third-order valence-corrected chi connectivity index (χ3v) is 3.29. The highest BCUT2D eigenvalue weighted by atomic mass is 35.5. The molecule has 0 aromatic heterocycles. The van der Waals surface area contributed by atoms with E-state index in [2.05, 4.69) is 17.6 Å². The van der Waals surface area contributed by atoms with Crippen LogP contribution in [0.15, 0.2) is 4.99 Å². The van der Waals surface area contributed by atoms with Gasteiger partial charge >= 0.3 is 5.97 Å². The molecule has 0 aromatic rings. The molecular weight excluding hydrogens is 250 g/mol. The fraction of sp³-hybridized carbons (Fsp3) is 0.778. The zero-order valence-electron chi connectivity index (χ0n) is 9.67. The number of carboxylic acids is 1. The van der Waals surface area contributed by atoms with Gasteiger partial charge in [-0.05, 0) is 19.8 Å². The van der Waals surface area contributed by atoms with Crippen molar-refractivity contribution in [2.24, 2.45) is 22.4 Å². The second-order valence-corrected chi connectivity index (χ2v) is 4.55. The number of nitrogens with zero attached hydrogens (tertiary/aromatic N) is 1. The standard InChI is InChI=1S/C9H19N3O2S.ClH/c1-5(4-12-6(2)10)7(15)9(3,11)8(13)14;/h5,7,15H,4,11H2,1-3H3,(H2,10,12)(H,13,14);1H/t5-,7-,9+;/m0./s1. The smallest absolute Gasteiger partial charge is 0.324 e. The van der Waals surface area contributed by atoms with Crippen LogP contribution in [-0.4, -0.2) is 34.2 Å². The van der Waals surface area contributed by atoms with Gasteiger partial charge in [0.05, 0.1) is 5.84 Å². The van der Waals surface area contributed by atoms with Crippen molar-refractivity contribution in [2.75, 3.05) is 6.54 Å². The zero-order valence-corrected chi connectivity index (χ0v) is 11.4. The summed E-state index contributed by atoms with van der Waals surface area (Å²) in [4.78, 5) is 14.9. The normalized spacial score (nSPS) is 19.2. The molecule has 3 atom stereocenters. The first-order valence-corrected chi connectivity index (χ1v) is 5.18. The van der Waals surface area contributed by atoms with Crippen molar-refractivity contribution in [1.29, 1.82) is 0 Å².